The number of amides is 1. The van der Waals surface area contributed by atoms with Crippen LogP contribution in [-0.4, -0.2) is 18.0 Å². The predicted molar refractivity (Wildman–Crippen MR) is 104 cm³/mol. The molecule has 1 aliphatic rings. The second-order valence-electron chi connectivity index (χ2n) is 6.98. The van der Waals surface area contributed by atoms with E-state index in [2.05, 4.69) is 23.5 Å². The van der Waals surface area contributed by atoms with Gasteiger partial charge in [0.25, 0.3) is 11.9 Å². The van der Waals surface area contributed by atoms with Crippen LogP contribution in [0.15, 0.2) is 53.5 Å². The fourth-order valence-electron chi connectivity index (χ4n) is 3.31. The van der Waals surface area contributed by atoms with Crippen molar-refractivity contribution in [2.45, 2.75) is 52.2 Å². The van der Waals surface area contributed by atoms with Crippen molar-refractivity contribution in [2.75, 3.05) is 0 Å². The van der Waals surface area contributed by atoms with Gasteiger partial charge >= 0.3 is 0 Å². The van der Waals surface area contributed by atoms with Crippen LogP contribution in [0, 0.1) is 6.92 Å². The third-order valence-corrected chi connectivity index (χ3v) is 4.57. The molecule has 3 rings (SSSR count). The molecule has 1 aliphatic carbocycles. The first-order chi connectivity index (χ1) is 12.5. The highest BCUT2D eigenvalue weighted by Crippen LogP contribution is 2.32. The molecule has 0 aliphatic heterocycles. The van der Waals surface area contributed by atoms with Gasteiger partial charge in [0.05, 0.1) is 12.1 Å². The van der Waals surface area contributed by atoms with Crippen molar-refractivity contribution >= 4 is 11.9 Å². The third kappa shape index (κ3) is 4.31. The summed E-state index contributed by atoms with van der Waals surface area (Å²) in [6, 6.07) is 16.2. The highest BCUT2D eigenvalue weighted by Gasteiger charge is 2.21. The molecule has 1 amide bonds. The van der Waals surface area contributed by atoms with Crippen LogP contribution in [0.3, 0.4) is 0 Å². The fraction of sp³-hybridized carbons (Fsp3) is 0.364. The molecule has 2 aromatic carbocycles. The topological polar surface area (TPSA) is 50.7 Å². The molecule has 0 spiro atoms. The van der Waals surface area contributed by atoms with E-state index in [0.29, 0.717) is 11.6 Å². The molecule has 0 heterocycles. The zero-order valence-electron chi connectivity index (χ0n) is 15.7. The number of hydrogen-bond acceptors (Lipinski definition) is 3. The van der Waals surface area contributed by atoms with Gasteiger partial charge in [-0.2, -0.15) is 0 Å². The number of nitrogens with zero attached hydrogens (tertiary/aromatic N) is 1. The van der Waals surface area contributed by atoms with Gasteiger partial charge in [0.1, 0.15) is 0 Å². The number of hydrogen-bond donors (Lipinski definition) is 1. The van der Waals surface area contributed by atoms with Crippen molar-refractivity contribution in [1.82, 2.24) is 5.32 Å². The first-order valence-corrected chi connectivity index (χ1v) is 9.24. The average Bonchev–Trinajstić information content (AvgIpc) is 2.62. The SMILES string of the molecule is Cc1ccccc1C(=O)NC(=N[C@H]1CCCc2ccccc21)OC(C)C. The van der Waals surface area contributed by atoms with Gasteiger partial charge in [-0.15, -0.1) is 0 Å². The second-order valence-corrected chi connectivity index (χ2v) is 6.98. The number of carbonyl (C=O) groups is 1. The number of nitrogens with one attached hydrogen (secondary N) is 1. The van der Waals surface area contributed by atoms with Crippen molar-refractivity contribution in [1.29, 1.82) is 0 Å². The van der Waals surface area contributed by atoms with Crippen LogP contribution in [0.2, 0.25) is 0 Å². The minimum atomic E-state index is -0.188. The Kier molecular flexibility index (Phi) is 5.71. The van der Waals surface area contributed by atoms with E-state index < -0.39 is 0 Å². The Balaban J connectivity index is 1.86. The largest absolute Gasteiger partial charge is 0.462 e. The Hall–Kier alpha value is -2.62. The third-order valence-electron chi connectivity index (χ3n) is 4.57. The molecule has 0 unspecified atom stereocenters. The standard InChI is InChI=1S/C22H26N2O2/c1-15(2)26-22(24-21(25)18-12-6-4-9-16(18)3)23-20-14-8-11-17-10-5-7-13-19(17)20/h4-7,9-10,12-13,15,20H,8,11,14H2,1-3H3,(H,23,24,25)/t20-/m0/s1. The van der Waals surface area contributed by atoms with E-state index in [-0.39, 0.29) is 18.1 Å². The number of amidine groups is 1. The van der Waals surface area contributed by atoms with Gasteiger partial charge in [0, 0.05) is 5.56 Å². The fourth-order valence-corrected chi connectivity index (χ4v) is 3.31. The van der Waals surface area contributed by atoms with Crippen molar-refractivity contribution in [3.05, 3.63) is 70.8 Å². The van der Waals surface area contributed by atoms with Crippen molar-refractivity contribution in [3.8, 4) is 0 Å². The molecule has 4 heteroatoms. The van der Waals surface area contributed by atoms with Gasteiger partial charge < -0.3 is 4.74 Å². The van der Waals surface area contributed by atoms with Crippen LogP contribution < -0.4 is 5.32 Å². The number of rotatable bonds is 3. The number of aryl methyl sites for hydroxylation is 2. The molecule has 26 heavy (non-hydrogen) atoms. The normalized spacial score (nSPS) is 16.9. The van der Waals surface area contributed by atoms with Crippen molar-refractivity contribution in [3.63, 3.8) is 0 Å². The molecule has 0 saturated carbocycles. The summed E-state index contributed by atoms with van der Waals surface area (Å²) in [5, 5.41) is 2.87. The monoisotopic (exact) mass is 350 g/mol. The van der Waals surface area contributed by atoms with Gasteiger partial charge in [-0.3, -0.25) is 10.1 Å². The molecule has 0 radical (unpaired) electrons. The molecule has 0 fully saturated rings. The lowest BCUT2D eigenvalue weighted by Gasteiger charge is -2.24. The molecule has 2 aromatic rings. The predicted octanol–water partition coefficient (Wildman–Crippen LogP) is 4.58. The van der Waals surface area contributed by atoms with Crippen LogP contribution in [0.1, 0.15) is 59.8 Å². The number of aliphatic imine (C=N–C) groups is 1. The summed E-state index contributed by atoms with van der Waals surface area (Å²) in [7, 11) is 0. The maximum absolute atomic E-state index is 12.7. The van der Waals surface area contributed by atoms with E-state index >= 15 is 0 Å². The number of ether oxygens (including phenoxy) is 1. The van der Waals surface area contributed by atoms with E-state index in [1.165, 1.54) is 11.1 Å². The van der Waals surface area contributed by atoms with E-state index in [9.17, 15) is 4.79 Å². The Morgan fingerprint density at radius 2 is 1.88 bits per heavy atom. The quantitative estimate of drug-likeness (QED) is 0.650. The summed E-state index contributed by atoms with van der Waals surface area (Å²) in [6.45, 7) is 5.79. The summed E-state index contributed by atoms with van der Waals surface area (Å²) in [5.74, 6) is -0.188. The smallest absolute Gasteiger partial charge is 0.292 e. The molecule has 4 nitrogen and oxygen atoms in total. The molecule has 0 aromatic heterocycles. The molecular formula is C22H26N2O2. The number of fused-ring (bicyclic) bond motifs is 1. The van der Waals surface area contributed by atoms with Gasteiger partial charge in [0.15, 0.2) is 0 Å². The highest BCUT2D eigenvalue weighted by molar-refractivity contribution is 6.05. The Bertz CT molecular complexity index is 811. The minimum absolute atomic E-state index is 0.0193. The summed E-state index contributed by atoms with van der Waals surface area (Å²) in [6.07, 6.45) is 3.07. The van der Waals surface area contributed by atoms with Gasteiger partial charge in [-0.1, -0.05) is 42.5 Å². The van der Waals surface area contributed by atoms with Crippen LogP contribution in [0.4, 0.5) is 0 Å². The Labute approximate surface area is 155 Å². The van der Waals surface area contributed by atoms with Gasteiger partial charge in [0.2, 0.25) is 0 Å². The van der Waals surface area contributed by atoms with Crippen molar-refractivity contribution in [2.24, 2.45) is 4.99 Å². The van der Waals surface area contributed by atoms with Crippen molar-refractivity contribution < 1.29 is 9.53 Å². The molecule has 1 N–H and O–H groups in total. The van der Waals surface area contributed by atoms with E-state index in [4.69, 9.17) is 9.73 Å². The van der Waals surface area contributed by atoms with Crippen LogP contribution in [-0.2, 0) is 11.2 Å². The molecular weight excluding hydrogens is 324 g/mol. The lowest BCUT2D eigenvalue weighted by atomic mass is 9.88. The van der Waals surface area contributed by atoms with Crippen LogP contribution in [0.25, 0.3) is 0 Å². The average molecular weight is 350 g/mol. The zero-order chi connectivity index (χ0) is 18.5. The Morgan fingerprint density at radius 3 is 2.65 bits per heavy atom. The second kappa shape index (κ2) is 8.17. The molecule has 1 atom stereocenters. The Morgan fingerprint density at radius 1 is 1.15 bits per heavy atom. The molecule has 0 saturated heterocycles. The lowest BCUT2D eigenvalue weighted by molar-refractivity contribution is 0.0958. The summed E-state index contributed by atoms with van der Waals surface area (Å²) in [4.78, 5) is 17.4. The molecule has 0 bridgehead atoms. The van der Waals surface area contributed by atoms with Gasteiger partial charge in [-0.05, 0) is 62.8 Å². The first-order valence-electron chi connectivity index (χ1n) is 9.24. The lowest BCUT2D eigenvalue weighted by Crippen LogP contribution is -2.35. The summed E-state index contributed by atoms with van der Waals surface area (Å²) >= 11 is 0. The highest BCUT2D eigenvalue weighted by atomic mass is 16.5. The summed E-state index contributed by atoms with van der Waals surface area (Å²) in [5.41, 5.74) is 4.13. The number of benzene rings is 2. The van der Waals surface area contributed by atoms with E-state index in [1.807, 2.05) is 51.1 Å². The number of carbonyl (C=O) groups excluding carboxylic acids is 1. The van der Waals surface area contributed by atoms with Crippen LogP contribution >= 0.6 is 0 Å². The summed E-state index contributed by atoms with van der Waals surface area (Å²) < 4.78 is 5.82. The van der Waals surface area contributed by atoms with E-state index in [0.717, 1.165) is 24.8 Å². The maximum atomic E-state index is 12.7. The maximum Gasteiger partial charge on any atom is 0.292 e. The molecule has 136 valence electrons. The first kappa shape index (κ1) is 18.2. The van der Waals surface area contributed by atoms with Crippen LogP contribution in [0.5, 0.6) is 0 Å². The minimum Gasteiger partial charge on any atom is -0.462 e. The van der Waals surface area contributed by atoms with Gasteiger partial charge in [-0.25, -0.2) is 4.99 Å². The van der Waals surface area contributed by atoms with E-state index in [1.54, 1.807) is 0 Å². The zero-order valence-corrected chi connectivity index (χ0v) is 15.7.